The molecular formula is C18H26O3. The Morgan fingerprint density at radius 3 is 2.33 bits per heavy atom. The van der Waals surface area contributed by atoms with E-state index < -0.39 is 11.7 Å². The fourth-order valence-corrected chi connectivity index (χ4v) is 3.96. The second kappa shape index (κ2) is 4.80. The van der Waals surface area contributed by atoms with Gasteiger partial charge in [0.2, 0.25) is 0 Å². The van der Waals surface area contributed by atoms with E-state index in [0.29, 0.717) is 12.3 Å². The fraction of sp³-hybridized carbons (Fsp3) is 0.667. The van der Waals surface area contributed by atoms with Crippen molar-refractivity contribution in [1.82, 2.24) is 0 Å². The predicted octanol–water partition coefficient (Wildman–Crippen LogP) is 2.98. The summed E-state index contributed by atoms with van der Waals surface area (Å²) in [4.78, 5) is 0. The van der Waals surface area contributed by atoms with Gasteiger partial charge in [-0.15, -0.1) is 0 Å². The number of hydrogen-bond acceptors (Lipinski definition) is 3. The molecule has 1 aromatic rings. The van der Waals surface area contributed by atoms with Crippen molar-refractivity contribution in [1.29, 1.82) is 0 Å². The third-order valence-electron chi connectivity index (χ3n) is 5.66. The molecule has 2 bridgehead atoms. The molecule has 1 heterocycles. The SMILES string of the molecule is Cc1ccc([C@@H]2OC(C)(C)C3CC2[C@](C)(O)[C@@H](O)C3)cc1. The Balaban J connectivity index is 2.00. The minimum absolute atomic E-state index is 0.0676. The maximum absolute atomic E-state index is 10.8. The molecule has 2 fully saturated rings. The van der Waals surface area contributed by atoms with Gasteiger partial charge in [-0.25, -0.2) is 0 Å². The molecule has 1 saturated heterocycles. The van der Waals surface area contributed by atoms with Gasteiger partial charge in [-0.3, -0.25) is 0 Å². The van der Waals surface area contributed by atoms with Gasteiger partial charge >= 0.3 is 0 Å². The lowest BCUT2D eigenvalue weighted by molar-refractivity contribution is -0.261. The molecule has 2 aliphatic rings. The molecule has 0 amide bonds. The standard InChI is InChI=1S/C18H26O3/c1-11-5-7-12(8-6-11)16-14-9-13(17(2,3)21-16)10-15(19)18(14,4)20/h5-8,13-16,19-20H,9-10H2,1-4H3/t13?,14?,15-,16-,18-/m0/s1. The third-order valence-corrected chi connectivity index (χ3v) is 5.66. The van der Waals surface area contributed by atoms with Crippen molar-refractivity contribution in [2.24, 2.45) is 11.8 Å². The van der Waals surface area contributed by atoms with Crippen molar-refractivity contribution in [2.45, 2.75) is 63.9 Å². The van der Waals surface area contributed by atoms with Crippen LogP contribution in [0, 0.1) is 18.8 Å². The van der Waals surface area contributed by atoms with E-state index in [1.807, 2.05) is 0 Å². The van der Waals surface area contributed by atoms with Gasteiger partial charge in [0.25, 0.3) is 0 Å². The molecule has 0 spiro atoms. The van der Waals surface area contributed by atoms with Gasteiger partial charge in [-0.2, -0.15) is 0 Å². The second-order valence-electron chi connectivity index (χ2n) is 7.57. The van der Waals surface area contributed by atoms with Crippen LogP contribution in [0.4, 0.5) is 0 Å². The molecule has 0 radical (unpaired) electrons. The van der Waals surface area contributed by atoms with Crippen LogP contribution in [0.2, 0.25) is 0 Å². The van der Waals surface area contributed by atoms with Gasteiger partial charge in [0, 0.05) is 5.92 Å². The first kappa shape index (κ1) is 15.0. The largest absolute Gasteiger partial charge is 0.390 e. The van der Waals surface area contributed by atoms with Crippen LogP contribution >= 0.6 is 0 Å². The number of hydrogen-bond donors (Lipinski definition) is 2. The predicted molar refractivity (Wildman–Crippen MR) is 81.9 cm³/mol. The average molecular weight is 290 g/mol. The van der Waals surface area contributed by atoms with Crippen LogP contribution in [0.5, 0.6) is 0 Å². The number of aryl methyl sites for hydroxylation is 1. The summed E-state index contributed by atoms with van der Waals surface area (Å²) < 4.78 is 6.38. The van der Waals surface area contributed by atoms with Gasteiger partial charge in [-0.05, 0) is 52.0 Å². The summed E-state index contributed by atoms with van der Waals surface area (Å²) in [5, 5.41) is 21.2. The molecule has 3 nitrogen and oxygen atoms in total. The highest BCUT2D eigenvalue weighted by molar-refractivity contribution is 5.26. The van der Waals surface area contributed by atoms with Crippen LogP contribution in [0.15, 0.2) is 24.3 Å². The number of rotatable bonds is 1. The maximum Gasteiger partial charge on any atom is 0.0933 e. The first-order valence-corrected chi connectivity index (χ1v) is 7.86. The summed E-state index contributed by atoms with van der Waals surface area (Å²) in [6.45, 7) is 8.01. The lowest BCUT2D eigenvalue weighted by atomic mass is 9.61. The van der Waals surface area contributed by atoms with Gasteiger partial charge in [0.15, 0.2) is 0 Å². The van der Waals surface area contributed by atoms with Gasteiger partial charge in [0.05, 0.1) is 23.4 Å². The van der Waals surface area contributed by atoms with E-state index in [0.717, 1.165) is 12.0 Å². The Hall–Kier alpha value is -0.900. The fourth-order valence-electron chi connectivity index (χ4n) is 3.96. The molecule has 2 unspecified atom stereocenters. The summed E-state index contributed by atoms with van der Waals surface area (Å²) in [5.41, 5.74) is 0.931. The molecular weight excluding hydrogens is 264 g/mol. The smallest absolute Gasteiger partial charge is 0.0933 e. The van der Waals surface area contributed by atoms with E-state index in [2.05, 4.69) is 45.0 Å². The Labute approximate surface area is 127 Å². The maximum atomic E-state index is 10.8. The van der Waals surface area contributed by atoms with E-state index in [4.69, 9.17) is 4.74 Å². The van der Waals surface area contributed by atoms with Crippen LogP contribution < -0.4 is 0 Å². The van der Waals surface area contributed by atoms with Crippen LogP contribution in [-0.4, -0.2) is 27.5 Å². The molecule has 1 aliphatic carbocycles. The summed E-state index contributed by atoms with van der Waals surface area (Å²) in [6, 6.07) is 8.30. The van der Waals surface area contributed by atoms with Crippen LogP contribution in [0.3, 0.4) is 0 Å². The Morgan fingerprint density at radius 2 is 1.71 bits per heavy atom. The monoisotopic (exact) mass is 290 g/mol. The van der Waals surface area contributed by atoms with E-state index in [1.165, 1.54) is 5.56 Å². The zero-order chi connectivity index (χ0) is 15.4. The van der Waals surface area contributed by atoms with E-state index in [-0.39, 0.29) is 17.6 Å². The third kappa shape index (κ3) is 2.41. The molecule has 2 N–H and O–H groups in total. The van der Waals surface area contributed by atoms with Crippen molar-refractivity contribution in [3.8, 4) is 0 Å². The summed E-state index contributed by atoms with van der Waals surface area (Å²) >= 11 is 0. The van der Waals surface area contributed by atoms with Crippen LogP contribution in [0.25, 0.3) is 0 Å². The molecule has 0 aromatic heterocycles. The number of benzene rings is 1. The molecule has 3 rings (SSSR count). The second-order valence-corrected chi connectivity index (χ2v) is 7.57. The van der Waals surface area contributed by atoms with Crippen molar-refractivity contribution < 1.29 is 14.9 Å². The number of aliphatic hydroxyl groups excluding tert-OH is 1. The van der Waals surface area contributed by atoms with Crippen molar-refractivity contribution in [3.63, 3.8) is 0 Å². The Kier molecular flexibility index (Phi) is 3.43. The van der Waals surface area contributed by atoms with Crippen LogP contribution in [-0.2, 0) is 4.74 Å². The zero-order valence-electron chi connectivity index (χ0n) is 13.3. The first-order chi connectivity index (χ1) is 9.72. The first-order valence-electron chi connectivity index (χ1n) is 7.86. The highest BCUT2D eigenvalue weighted by Gasteiger charge is 2.56. The summed E-state index contributed by atoms with van der Waals surface area (Å²) in [7, 11) is 0. The molecule has 1 saturated carbocycles. The topological polar surface area (TPSA) is 49.7 Å². The molecule has 1 aliphatic heterocycles. The normalized spacial score (nSPS) is 41.8. The highest BCUT2D eigenvalue weighted by atomic mass is 16.5. The van der Waals surface area contributed by atoms with Gasteiger partial charge in [-0.1, -0.05) is 29.8 Å². The molecule has 3 heteroatoms. The van der Waals surface area contributed by atoms with Crippen molar-refractivity contribution in [3.05, 3.63) is 35.4 Å². The Bertz CT molecular complexity index is 518. The lowest BCUT2D eigenvalue weighted by Gasteiger charge is -2.56. The number of fused-ring (bicyclic) bond motifs is 2. The van der Waals surface area contributed by atoms with E-state index >= 15 is 0 Å². The zero-order valence-corrected chi connectivity index (χ0v) is 13.3. The average Bonchev–Trinajstić information content (AvgIpc) is 2.40. The minimum Gasteiger partial charge on any atom is -0.390 e. The lowest BCUT2D eigenvalue weighted by Crippen LogP contribution is -2.60. The van der Waals surface area contributed by atoms with Crippen molar-refractivity contribution >= 4 is 0 Å². The van der Waals surface area contributed by atoms with Gasteiger partial charge in [0.1, 0.15) is 0 Å². The van der Waals surface area contributed by atoms with E-state index in [9.17, 15) is 10.2 Å². The quantitative estimate of drug-likeness (QED) is 0.836. The summed E-state index contributed by atoms with van der Waals surface area (Å²) in [6.07, 6.45) is 0.659. The van der Waals surface area contributed by atoms with Gasteiger partial charge < -0.3 is 14.9 Å². The van der Waals surface area contributed by atoms with Crippen molar-refractivity contribution in [2.75, 3.05) is 0 Å². The van der Waals surface area contributed by atoms with Crippen LogP contribution in [0.1, 0.15) is 50.8 Å². The summed E-state index contributed by atoms with van der Waals surface area (Å²) in [5.74, 6) is 0.224. The molecule has 5 atom stereocenters. The Morgan fingerprint density at radius 1 is 1.10 bits per heavy atom. The molecule has 1 aromatic carbocycles. The number of aliphatic hydroxyl groups is 2. The van der Waals surface area contributed by atoms with E-state index in [1.54, 1.807) is 6.92 Å². The molecule has 116 valence electrons. The minimum atomic E-state index is -1.09. The molecule has 21 heavy (non-hydrogen) atoms. The number of ether oxygens (including phenoxy) is 1. The highest BCUT2D eigenvalue weighted by Crippen LogP contribution is 2.54.